The van der Waals surface area contributed by atoms with Crippen LogP contribution in [0, 0.1) is 5.92 Å². The van der Waals surface area contributed by atoms with E-state index in [1.165, 1.54) is 5.56 Å². The van der Waals surface area contributed by atoms with Crippen molar-refractivity contribution in [2.24, 2.45) is 13.0 Å². The first kappa shape index (κ1) is 21.2. The van der Waals surface area contributed by atoms with Gasteiger partial charge in [-0.3, -0.25) is 9.48 Å². The summed E-state index contributed by atoms with van der Waals surface area (Å²) in [6.45, 7) is 3.79. The fourth-order valence-corrected chi connectivity index (χ4v) is 4.26. The Balaban J connectivity index is 1.27. The molecule has 2 N–H and O–H groups in total. The normalized spacial score (nSPS) is 15.3. The predicted molar refractivity (Wildman–Crippen MR) is 121 cm³/mol. The maximum atomic E-state index is 12.9. The topological polar surface area (TPSA) is 79.6 Å². The molecule has 0 aliphatic carbocycles. The van der Waals surface area contributed by atoms with Crippen LogP contribution in [0.15, 0.2) is 42.5 Å². The summed E-state index contributed by atoms with van der Waals surface area (Å²) in [4.78, 5) is 15.4. The first-order valence-electron chi connectivity index (χ1n) is 10.8. The molecule has 164 valence electrons. The zero-order chi connectivity index (χ0) is 21.8. The number of fused-ring (bicyclic) bond motifs is 1. The number of phenols is 1. The lowest BCUT2D eigenvalue weighted by Crippen LogP contribution is -2.39. The van der Waals surface area contributed by atoms with Gasteiger partial charge in [0.2, 0.25) is 0 Å². The number of methoxy groups -OCH3 is 1. The number of likely N-dealkylation sites (tertiary alicyclic amines) is 1. The third kappa shape index (κ3) is 4.99. The fraction of sp³-hybridized carbons (Fsp3) is 0.417. The summed E-state index contributed by atoms with van der Waals surface area (Å²) in [5.74, 6) is 1.43. The zero-order valence-corrected chi connectivity index (χ0v) is 18.2. The van der Waals surface area contributed by atoms with Gasteiger partial charge in [-0.2, -0.15) is 5.10 Å². The largest absolute Gasteiger partial charge is 0.508 e. The molecule has 0 radical (unpaired) electrons. The molecular formula is C24H30N4O3. The number of aromatic nitrogens is 2. The van der Waals surface area contributed by atoms with Crippen molar-refractivity contribution in [1.82, 2.24) is 20.0 Å². The summed E-state index contributed by atoms with van der Waals surface area (Å²) in [5, 5.41) is 17.8. The third-order valence-corrected chi connectivity index (χ3v) is 6.17. The standard InChI is InChI=1S/C24H30N4O3/c1-27-23(21-15-20(31-2)7-8-22(21)26-27)24(30)25-16-18-10-13-28(14-11-18)12-9-17-3-5-19(29)6-4-17/h3-8,15,18,29H,9-14,16H2,1-2H3,(H,25,30). The maximum absolute atomic E-state index is 12.9. The number of nitrogens with one attached hydrogen (secondary N) is 1. The van der Waals surface area contributed by atoms with Crippen molar-refractivity contribution < 1.29 is 14.6 Å². The van der Waals surface area contributed by atoms with E-state index in [1.54, 1.807) is 31.0 Å². The molecule has 1 aromatic heterocycles. The number of carbonyl (C=O) groups is 1. The van der Waals surface area contributed by atoms with E-state index >= 15 is 0 Å². The van der Waals surface area contributed by atoms with E-state index in [0.29, 0.717) is 29.7 Å². The van der Waals surface area contributed by atoms with Crippen LogP contribution in [0.5, 0.6) is 11.5 Å². The van der Waals surface area contributed by atoms with Crippen LogP contribution in [0.1, 0.15) is 28.9 Å². The van der Waals surface area contributed by atoms with Crippen molar-refractivity contribution in [3.8, 4) is 11.5 Å². The summed E-state index contributed by atoms with van der Waals surface area (Å²) in [6, 6.07) is 13.0. The molecular weight excluding hydrogens is 392 g/mol. The smallest absolute Gasteiger partial charge is 0.270 e. The average molecular weight is 423 g/mol. The van der Waals surface area contributed by atoms with Gasteiger partial charge < -0.3 is 20.1 Å². The summed E-state index contributed by atoms with van der Waals surface area (Å²) in [5.41, 5.74) is 2.60. The highest BCUT2D eigenvalue weighted by molar-refractivity contribution is 6.05. The van der Waals surface area contributed by atoms with Crippen LogP contribution < -0.4 is 10.1 Å². The monoisotopic (exact) mass is 422 g/mol. The molecule has 1 aliphatic heterocycles. The molecule has 0 bridgehead atoms. The van der Waals surface area contributed by atoms with Gasteiger partial charge in [-0.1, -0.05) is 12.1 Å². The molecule has 7 heteroatoms. The molecule has 1 saturated heterocycles. The van der Waals surface area contributed by atoms with Crippen molar-refractivity contribution in [3.05, 3.63) is 53.7 Å². The Morgan fingerprint density at radius 2 is 1.94 bits per heavy atom. The van der Waals surface area contributed by atoms with Gasteiger partial charge in [-0.15, -0.1) is 0 Å². The van der Waals surface area contributed by atoms with Crippen molar-refractivity contribution >= 4 is 16.8 Å². The number of rotatable bonds is 7. The Hall–Kier alpha value is -3.06. The highest BCUT2D eigenvalue weighted by Crippen LogP contribution is 2.24. The minimum absolute atomic E-state index is 0.0898. The second-order valence-electron chi connectivity index (χ2n) is 8.27. The number of aryl methyl sites for hydroxylation is 1. The van der Waals surface area contributed by atoms with Crippen LogP contribution in [-0.4, -0.2) is 59.0 Å². The minimum Gasteiger partial charge on any atom is -0.508 e. The first-order valence-corrected chi connectivity index (χ1v) is 10.8. The molecule has 3 aromatic rings. The Morgan fingerprint density at radius 3 is 2.65 bits per heavy atom. The van der Waals surface area contributed by atoms with E-state index in [2.05, 4.69) is 15.3 Å². The fourth-order valence-electron chi connectivity index (χ4n) is 4.26. The van der Waals surface area contributed by atoms with Crippen molar-refractivity contribution in [2.75, 3.05) is 33.3 Å². The Bertz CT molecular complexity index is 1040. The molecule has 4 rings (SSSR count). The molecule has 1 fully saturated rings. The number of nitrogens with zero attached hydrogens (tertiary/aromatic N) is 3. The first-order chi connectivity index (χ1) is 15.0. The Kier molecular flexibility index (Phi) is 6.42. The molecule has 0 spiro atoms. The SMILES string of the molecule is COc1ccc2nn(C)c(C(=O)NCC3CCN(CCc4ccc(O)cc4)CC3)c2c1. The lowest BCUT2D eigenvalue weighted by molar-refractivity contribution is 0.0928. The van der Waals surface area contributed by atoms with Gasteiger partial charge in [0, 0.05) is 25.5 Å². The molecule has 2 heterocycles. The Morgan fingerprint density at radius 1 is 1.19 bits per heavy atom. The van der Waals surface area contributed by atoms with E-state index in [-0.39, 0.29) is 5.91 Å². The minimum atomic E-state index is -0.0898. The van der Waals surface area contributed by atoms with Gasteiger partial charge >= 0.3 is 0 Å². The molecule has 0 saturated carbocycles. The van der Waals surface area contributed by atoms with Gasteiger partial charge in [0.05, 0.1) is 12.6 Å². The van der Waals surface area contributed by atoms with Gasteiger partial charge in [0.15, 0.2) is 0 Å². The Labute approximate surface area is 182 Å². The number of ether oxygens (including phenoxy) is 1. The van der Waals surface area contributed by atoms with E-state index in [4.69, 9.17) is 4.74 Å². The summed E-state index contributed by atoms with van der Waals surface area (Å²) in [7, 11) is 3.42. The highest BCUT2D eigenvalue weighted by atomic mass is 16.5. The van der Waals surface area contributed by atoms with E-state index in [1.807, 2.05) is 30.3 Å². The summed E-state index contributed by atoms with van der Waals surface area (Å²) in [6.07, 6.45) is 3.14. The van der Waals surface area contributed by atoms with E-state index < -0.39 is 0 Å². The average Bonchev–Trinajstić information content (AvgIpc) is 3.12. The second kappa shape index (κ2) is 9.39. The number of benzene rings is 2. The van der Waals surface area contributed by atoms with Crippen LogP contribution in [0.4, 0.5) is 0 Å². The number of hydrogen-bond acceptors (Lipinski definition) is 5. The van der Waals surface area contributed by atoms with Crippen LogP contribution in [0.3, 0.4) is 0 Å². The highest BCUT2D eigenvalue weighted by Gasteiger charge is 2.22. The van der Waals surface area contributed by atoms with Crippen LogP contribution in [0.2, 0.25) is 0 Å². The number of aromatic hydroxyl groups is 1. The van der Waals surface area contributed by atoms with Crippen molar-refractivity contribution in [2.45, 2.75) is 19.3 Å². The lowest BCUT2D eigenvalue weighted by atomic mass is 9.96. The summed E-state index contributed by atoms with van der Waals surface area (Å²) >= 11 is 0. The number of carbonyl (C=O) groups excluding carboxylic acids is 1. The molecule has 0 unspecified atom stereocenters. The molecule has 1 aliphatic rings. The number of amides is 1. The van der Waals surface area contributed by atoms with Gasteiger partial charge in [-0.25, -0.2) is 0 Å². The number of hydrogen-bond donors (Lipinski definition) is 2. The summed E-state index contributed by atoms with van der Waals surface area (Å²) < 4.78 is 6.94. The van der Waals surface area contributed by atoms with Gasteiger partial charge in [-0.05, 0) is 74.2 Å². The maximum Gasteiger partial charge on any atom is 0.270 e. The van der Waals surface area contributed by atoms with Crippen LogP contribution in [-0.2, 0) is 13.5 Å². The molecule has 1 amide bonds. The van der Waals surface area contributed by atoms with Crippen molar-refractivity contribution in [1.29, 1.82) is 0 Å². The lowest BCUT2D eigenvalue weighted by Gasteiger charge is -2.32. The van der Waals surface area contributed by atoms with E-state index in [9.17, 15) is 9.90 Å². The predicted octanol–water partition coefficient (Wildman–Crippen LogP) is 2.97. The van der Waals surface area contributed by atoms with E-state index in [0.717, 1.165) is 49.8 Å². The molecule has 31 heavy (non-hydrogen) atoms. The third-order valence-electron chi connectivity index (χ3n) is 6.17. The van der Waals surface area contributed by atoms with Crippen LogP contribution in [0.25, 0.3) is 10.9 Å². The quantitative estimate of drug-likeness (QED) is 0.612. The number of phenolic OH excluding ortho intramolecular Hbond substituents is 1. The zero-order valence-electron chi connectivity index (χ0n) is 18.2. The van der Waals surface area contributed by atoms with Gasteiger partial charge in [0.1, 0.15) is 17.2 Å². The van der Waals surface area contributed by atoms with Gasteiger partial charge in [0.25, 0.3) is 5.91 Å². The molecule has 2 aromatic carbocycles. The second-order valence-corrected chi connectivity index (χ2v) is 8.27. The van der Waals surface area contributed by atoms with Crippen LogP contribution >= 0.6 is 0 Å². The number of piperidine rings is 1. The molecule has 7 nitrogen and oxygen atoms in total. The molecule has 0 atom stereocenters. The van der Waals surface area contributed by atoms with Crippen molar-refractivity contribution in [3.63, 3.8) is 0 Å².